The summed E-state index contributed by atoms with van der Waals surface area (Å²) in [6.07, 6.45) is 0. The average Bonchev–Trinajstić information content (AvgIpc) is 2.84. The molecule has 0 radical (unpaired) electrons. The van der Waals surface area contributed by atoms with Crippen LogP contribution in [0.4, 0.5) is 4.39 Å². The molecule has 0 aliphatic rings. The number of nitrogens with one attached hydrogen (secondary N) is 1. The Morgan fingerprint density at radius 3 is 2.77 bits per heavy atom. The second-order valence-electron chi connectivity index (χ2n) is 5.22. The van der Waals surface area contributed by atoms with Crippen molar-refractivity contribution in [2.45, 2.75) is 13.5 Å². The predicted molar refractivity (Wildman–Crippen MR) is 83.0 cm³/mol. The molecule has 1 N–H and O–H groups in total. The maximum Gasteiger partial charge on any atom is 0.251 e. The topological polar surface area (TPSA) is 46.9 Å². The normalized spacial score (nSPS) is 10.9. The number of halogens is 1. The number of amides is 1. The van der Waals surface area contributed by atoms with Gasteiger partial charge in [0.1, 0.15) is 11.6 Å². The SMILES string of the molecule is Cc1ccc(C(=O)NCc2nc3ccccc3n2C)cc1F. The van der Waals surface area contributed by atoms with Crippen LogP contribution in [0.25, 0.3) is 11.0 Å². The summed E-state index contributed by atoms with van der Waals surface area (Å²) in [6.45, 7) is 1.95. The van der Waals surface area contributed by atoms with Crippen LogP contribution in [0.1, 0.15) is 21.7 Å². The van der Waals surface area contributed by atoms with Crippen LogP contribution in [0.15, 0.2) is 42.5 Å². The third kappa shape index (κ3) is 2.57. The van der Waals surface area contributed by atoms with Crippen LogP contribution in [0.3, 0.4) is 0 Å². The monoisotopic (exact) mass is 297 g/mol. The molecule has 1 amide bonds. The lowest BCUT2D eigenvalue weighted by molar-refractivity contribution is 0.0949. The van der Waals surface area contributed by atoms with Crippen LogP contribution in [0.2, 0.25) is 0 Å². The summed E-state index contributed by atoms with van der Waals surface area (Å²) in [5.74, 6) is 0.0588. The van der Waals surface area contributed by atoms with E-state index in [0.717, 1.165) is 16.9 Å². The molecule has 0 bridgehead atoms. The molecule has 112 valence electrons. The number of hydrogen-bond donors (Lipinski definition) is 1. The van der Waals surface area contributed by atoms with Gasteiger partial charge in [-0.15, -0.1) is 0 Å². The third-order valence-corrected chi connectivity index (χ3v) is 3.72. The predicted octanol–water partition coefficient (Wildman–Crippen LogP) is 2.95. The van der Waals surface area contributed by atoms with Gasteiger partial charge in [0.25, 0.3) is 5.91 Å². The summed E-state index contributed by atoms with van der Waals surface area (Å²) in [7, 11) is 1.91. The summed E-state index contributed by atoms with van der Waals surface area (Å²) in [4.78, 5) is 16.6. The molecule has 3 aromatic rings. The van der Waals surface area contributed by atoms with Crippen LogP contribution >= 0.6 is 0 Å². The van der Waals surface area contributed by atoms with E-state index in [2.05, 4.69) is 10.3 Å². The number of nitrogens with zero attached hydrogens (tertiary/aromatic N) is 2. The molecule has 2 aromatic carbocycles. The summed E-state index contributed by atoms with van der Waals surface area (Å²) in [6, 6.07) is 12.2. The molecule has 0 atom stereocenters. The van der Waals surface area contributed by atoms with Gasteiger partial charge in [-0.25, -0.2) is 9.37 Å². The number of carbonyl (C=O) groups is 1. The molecule has 22 heavy (non-hydrogen) atoms. The molecule has 5 heteroatoms. The molecule has 1 aromatic heterocycles. The summed E-state index contributed by atoms with van der Waals surface area (Å²) in [5.41, 5.74) is 2.72. The Bertz CT molecular complexity index is 854. The molecule has 0 fully saturated rings. The number of hydrogen-bond acceptors (Lipinski definition) is 2. The molecule has 0 aliphatic carbocycles. The number of carbonyl (C=O) groups excluding carboxylic acids is 1. The van der Waals surface area contributed by atoms with Gasteiger partial charge in [-0.2, -0.15) is 0 Å². The maximum atomic E-state index is 13.5. The molecule has 0 saturated carbocycles. The Morgan fingerprint density at radius 1 is 1.27 bits per heavy atom. The largest absolute Gasteiger partial charge is 0.345 e. The second kappa shape index (κ2) is 5.60. The van der Waals surface area contributed by atoms with Crippen LogP contribution in [-0.4, -0.2) is 15.5 Å². The Labute approximate surface area is 127 Å². The molecule has 1 heterocycles. The summed E-state index contributed by atoms with van der Waals surface area (Å²) >= 11 is 0. The first-order valence-electron chi connectivity index (χ1n) is 7.01. The van der Waals surface area contributed by atoms with Crippen molar-refractivity contribution in [3.05, 3.63) is 65.2 Å². The first-order valence-corrected chi connectivity index (χ1v) is 7.01. The second-order valence-corrected chi connectivity index (χ2v) is 5.22. The maximum absolute atomic E-state index is 13.5. The summed E-state index contributed by atoms with van der Waals surface area (Å²) in [5, 5.41) is 2.77. The van der Waals surface area contributed by atoms with E-state index >= 15 is 0 Å². The minimum Gasteiger partial charge on any atom is -0.345 e. The smallest absolute Gasteiger partial charge is 0.251 e. The van der Waals surface area contributed by atoms with Gasteiger partial charge in [0.05, 0.1) is 17.6 Å². The Kier molecular flexibility index (Phi) is 3.63. The van der Waals surface area contributed by atoms with Crippen molar-refractivity contribution in [1.29, 1.82) is 0 Å². The Morgan fingerprint density at radius 2 is 2.05 bits per heavy atom. The van der Waals surface area contributed by atoms with E-state index in [1.807, 2.05) is 35.9 Å². The fourth-order valence-electron chi connectivity index (χ4n) is 2.35. The van der Waals surface area contributed by atoms with Gasteiger partial charge >= 0.3 is 0 Å². The van der Waals surface area contributed by atoms with E-state index in [0.29, 0.717) is 17.7 Å². The molecule has 3 rings (SSSR count). The highest BCUT2D eigenvalue weighted by molar-refractivity contribution is 5.94. The highest BCUT2D eigenvalue weighted by Gasteiger charge is 2.11. The van der Waals surface area contributed by atoms with Crippen molar-refractivity contribution < 1.29 is 9.18 Å². The number of aryl methyl sites for hydroxylation is 2. The molecule has 0 aliphatic heterocycles. The van der Waals surface area contributed by atoms with Crippen molar-refractivity contribution in [3.63, 3.8) is 0 Å². The molecule has 0 unspecified atom stereocenters. The molecule has 0 spiro atoms. The number of aromatic nitrogens is 2. The van der Waals surface area contributed by atoms with Gasteiger partial charge in [-0.05, 0) is 36.8 Å². The van der Waals surface area contributed by atoms with Crippen molar-refractivity contribution in [3.8, 4) is 0 Å². The lowest BCUT2D eigenvalue weighted by Gasteiger charge is -2.06. The number of benzene rings is 2. The van der Waals surface area contributed by atoms with Gasteiger partial charge < -0.3 is 9.88 Å². The quantitative estimate of drug-likeness (QED) is 0.808. The van der Waals surface area contributed by atoms with Gasteiger partial charge in [-0.1, -0.05) is 18.2 Å². The first kappa shape index (κ1) is 14.3. The lowest BCUT2D eigenvalue weighted by Crippen LogP contribution is -2.24. The average molecular weight is 297 g/mol. The fraction of sp³-hybridized carbons (Fsp3) is 0.176. The number of imidazole rings is 1. The number of para-hydroxylation sites is 2. The summed E-state index contributed by atoms with van der Waals surface area (Å²) < 4.78 is 15.4. The van der Waals surface area contributed by atoms with E-state index in [1.54, 1.807) is 19.1 Å². The zero-order valence-electron chi connectivity index (χ0n) is 12.4. The zero-order valence-corrected chi connectivity index (χ0v) is 12.4. The standard InChI is InChI=1S/C17H16FN3O/c1-11-7-8-12(9-13(11)18)17(22)19-10-16-20-14-5-3-4-6-15(14)21(16)2/h3-9H,10H2,1-2H3,(H,19,22). The highest BCUT2D eigenvalue weighted by Crippen LogP contribution is 2.14. The molecular formula is C17H16FN3O. The van der Waals surface area contributed by atoms with E-state index in [1.165, 1.54) is 6.07 Å². The minimum atomic E-state index is -0.379. The first-order chi connectivity index (χ1) is 10.6. The van der Waals surface area contributed by atoms with Crippen molar-refractivity contribution in [1.82, 2.24) is 14.9 Å². The lowest BCUT2D eigenvalue weighted by atomic mass is 10.1. The van der Waals surface area contributed by atoms with Crippen molar-refractivity contribution in [2.75, 3.05) is 0 Å². The van der Waals surface area contributed by atoms with Gasteiger partial charge in [0.15, 0.2) is 0 Å². The minimum absolute atomic E-state index is 0.291. The molecule has 0 saturated heterocycles. The Hall–Kier alpha value is -2.69. The highest BCUT2D eigenvalue weighted by atomic mass is 19.1. The third-order valence-electron chi connectivity index (χ3n) is 3.72. The number of rotatable bonds is 3. The van der Waals surface area contributed by atoms with Crippen LogP contribution in [0.5, 0.6) is 0 Å². The van der Waals surface area contributed by atoms with Crippen molar-refractivity contribution >= 4 is 16.9 Å². The van der Waals surface area contributed by atoms with E-state index in [4.69, 9.17) is 0 Å². The van der Waals surface area contributed by atoms with E-state index in [-0.39, 0.29) is 11.7 Å². The van der Waals surface area contributed by atoms with E-state index in [9.17, 15) is 9.18 Å². The zero-order chi connectivity index (χ0) is 15.7. The molecule has 4 nitrogen and oxygen atoms in total. The van der Waals surface area contributed by atoms with Gasteiger partial charge in [0, 0.05) is 12.6 Å². The fourth-order valence-corrected chi connectivity index (χ4v) is 2.35. The van der Waals surface area contributed by atoms with Crippen molar-refractivity contribution in [2.24, 2.45) is 7.05 Å². The van der Waals surface area contributed by atoms with Gasteiger partial charge in [-0.3, -0.25) is 4.79 Å². The van der Waals surface area contributed by atoms with Gasteiger partial charge in [0.2, 0.25) is 0 Å². The van der Waals surface area contributed by atoms with Crippen LogP contribution < -0.4 is 5.32 Å². The van der Waals surface area contributed by atoms with Crippen LogP contribution in [0, 0.1) is 12.7 Å². The van der Waals surface area contributed by atoms with E-state index < -0.39 is 0 Å². The van der Waals surface area contributed by atoms with Crippen LogP contribution in [-0.2, 0) is 13.6 Å². The number of fused-ring (bicyclic) bond motifs is 1. The molecular weight excluding hydrogens is 281 g/mol. The Balaban J connectivity index is 1.77.